The molecule has 5 heteroatoms. The highest BCUT2D eigenvalue weighted by molar-refractivity contribution is 6.30. The minimum atomic E-state index is -0.109. The van der Waals surface area contributed by atoms with Crippen molar-refractivity contribution in [1.82, 2.24) is 0 Å². The van der Waals surface area contributed by atoms with Crippen molar-refractivity contribution in [2.75, 3.05) is 18.5 Å². The van der Waals surface area contributed by atoms with Crippen molar-refractivity contribution in [1.29, 1.82) is 5.26 Å². The second-order valence-electron chi connectivity index (χ2n) is 4.68. The highest BCUT2D eigenvalue weighted by Gasteiger charge is 2.20. The van der Waals surface area contributed by atoms with Crippen molar-refractivity contribution in [2.45, 2.75) is 6.10 Å². The average Bonchev–Trinajstić information content (AvgIpc) is 2.53. The summed E-state index contributed by atoms with van der Waals surface area (Å²) in [5.41, 5.74) is 1.25. The lowest BCUT2D eigenvalue weighted by Crippen LogP contribution is -2.35. The van der Waals surface area contributed by atoms with Crippen LogP contribution in [-0.2, 0) is 0 Å². The quantitative estimate of drug-likeness (QED) is 0.943. The third-order valence-corrected chi connectivity index (χ3v) is 3.42. The molecule has 1 N–H and O–H groups in total. The summed E-state index contributed by atoms with van der Waals surface area (Å²) < 4.78 is 11.5. The molecule has 0 aromatic heterocycles. The molecule has 3 rings (SSSR count). The molecule has 0 saturated heterocycles. The number of benzene rings is 2. The summed E-state index contributed by atoms with van der Waals surface area (Å²) in [5.74, 6) is 1.50. The molecule has 106 valence electrons. The Morgan fingerprint density at radius 1 is 1.24 bits per heavy atom. The van der Waals surface area contributed by atoms with E-state index in [9.17, 15) is 0 Å². The fourth-order valence-corrected chi connectivity index (χ4v) is 2.32. The van der Waals surface area contributed by atoms with Crippen LogP contribution in [0.15, 0.2) is 42.5 Å². The van der Waals surface area contributed by atoms with Gasteiger partial charge in [-0.3, -0.25) is 0 Å². The lowest BCUT2D eigenvalue weighted by atomic mass is 10.2. The molecule has 2 aromatic rings. The predicted octanol–water partition coefficient (Wildman–Crippen LogP) is 3.46. The van der Waals surface area contributed by atoms with Crippen LogP contribution >= 0.6 is 11.6 Å². The summed E-state index contributed by atoms with van der Waals surface area (Å²) in [7, 11) is 0. The van der Waals surface area contributed by atoms with Gasteiger partial charge in [-0.1, -0.05) is 23.7 Å². The molecule has 1 unspecified atom stereocenters. The predicted molar refractivity (Wildman–Crippen MR) is 81.0 cm³/mol. The minimum Gasteiger partial charge on any atom is -0.486 e. The Labute approximate surface area is 127 Å². The Hall–Kier alpha value is -2.38. The Morgan fingerprint density at radius 2 is 2.05 bits per heavy atom. The van der Waals surface area contributed by atoms with Gasteiger partial charge in [-0.15, -0.1) is 0 Å². The molecule has 0 amide bonds. The van der Waals surface area contributed by atoms with Gasteiger partial charge in [0.05, 0.1) is 17.8 Å². The van der Waals surface area contributed by atoms with Gasteiger partial charge in [0.2, 0.25) is 0 Å². The van der Waals surface area contributed by atoms with Crippen LogP contribution in [0.3, 0.4) is 0 Å². The van der Waals surface area contributed by atoms with Gasteiger partial charge in [-0.2, -0.15) is 5.26 Å². The summed E-state index contributed by atoms with van der Waals surface area (Å²) >= 11 is 5.88. The number of anilines is 1. The minimum absolute atomic E-state index is 0.109. The number of hydrogen-bond donors (Lipinski definition) is 1. The molecular weight excluding hydrogens is 288 g/mol. The number of rotatable bonds is 3. The fraction of sp³-hybridized carbons (Fsp3) is 0.188. The van der Waals surface area contributed by atoms with E-state index in [0.29, 0.717) is 23.7 Å². The van der Waals surface area contributed by atoms with E-state index >= 15 is 0 Å². The van der Waals surface area contributed by atoms with Gasteiger partial charge in [0.15, 0.2) is 11.5 Å². The lowest BCUT2D eigenvalue weighted by Gasteiger charge is -2.27. The molecule has 0 saturated carbocycles. The molecule has 4 nitrogen and oxygen atoms in total. The third kappa shape index (κ3) is 3.04. The Kier molecular flexibility index (Phi) is 3.85. The SMILES string of the molecule is N#Cc1cc(Cl)ccc1NCC1COc2ccccc2O1. The van der Waals surface area contributed by atoms with E-state index in [2.05, 4.69) is 11.4 Å². The van der Waals surface area contributed by atoms with Crippen molar-refractivity contribution >= 4 is 17.3 Å². The summed E-state index contributed by atoms with van der Waals surface area (Å²) in [6.07, 6.45) is -0.109. The number of hydrogen-bond acceptors (Lipinski definition) is 4. The topological polar surface area (TPSA) is 54.3 Å². The zero-order valence-corrected chi connectivity index (χ0v) is 11.9. The van der Waals surface area contributed by atoms with Crippen molar-refractivity contribution < 1.29 is 9.47 Å². The van der Waals surface area contributed by atoms with Gasteiger partial charge < -0.3 is 14.8 Å². The molecule has 1 atom stereocenters. The van der Waals surface area contributed by atoms with E-state index in [1.165, 1.54) is 0 Å². The van der Waals surface area contributed by atoms with Gasteiger partial charge in [-0.25, -0.2) is 0 Å². The second-order valence-corrected chi connectivity index (χ2v) is 5.12. The number of ether oxygens (including phenoxy) is 2. The van der Waals surface area contributed by atoms with E-state index in [-0.39, 0.29) is 6.10 Å². The van der Waals surface area contributed by atoms with Crippen LogP contribution in [0, 0.1) is 11.3 Å². The normalized spacial score (nSPS) is 16.1. The molecule has 1 aliphatic heterocycles. The van der Waals surface area contributed by atoms with Crippen LogP contribution in [0.25, 0.3) is 0 Å². The largest absolute Gasteiger partial charge is 0.486 e. The maximum atomic E-state index is 9.11. The molecule has 0 radical (unpaired) electrons. The van der Waals surface area contributed by atoms with Gasteiger partial charge in [0.25, 0.3) is 0 Å². The first-order valence-corrected chi connectivity index (χ1v) is 6.96. The molecule has 1 heterocycles. The van der Waals surface area contributed by atoms with Gasteiger partial charge in [0, 0.05) is 5.02 Å². The standard InChI is InChI=1S/C16H13ClN2O2/c17-12-5-6-14(11(7-12)8-18)19-9-13-10-20-15-3-1-2-4-16(15)21-13/h1-7,13,19H,9-10H2. The molecule has 21 heavy (non-hydrogen) atoms. The third-order valence-electron chi connectivity index (χ3n) is 3.19. The summed E-state index contributed by atoms with van der Waals surface area (Å²) in [4.78, 5) is 0. The fourth-order valence-electron chi connectivity index (χ4n) is 2.15. The van der Waals surface area contributed by atoms with E-state index < -0.39 is 0 Å². The number of para-hydroxylation sites is 2. The Balaban J connectivity index is 1.66. The lowest BCUT2D eigenvalue weighted by molar-refractivity contribution is 0.0997. The molecular formula is C16H13ClN2O2. The molecule has 1 aliphatic rings. The second kappa shape index (κ2) is 5.94. The van der Waals surface area contributed by atoms with E-state index in [0.717, 1.165) is 17.2 Å². The van der Waals surface area contributed by atoms with E-state index in [4.69, 9.17) is 26.3 Å². The Bertz CT molecular complexity index is 697. The highest BCUT2D eigenvalue weighted by Crippen LogP contribution is 2.31. The van der Waals surface area contributed by atoms with Crippen molar-refractivity contribution in [3.63, 3.8) is 0 Å². The van der Waals surface area contributed by atoms with Crippen LogP contribution in [0.4, 0.5) is 5.69 Å². The summed E-state index contributed by atoms with van der Waals surface area (Å²) in [5, 5.41) is 12.9. The first-order valence-electron chi connectivity index (χ1n) is 6.58. The first-order chi connectivity index (χ1) is 10.3. The van der Waals surface area contributed by atoms with Crippen LogP contribution in [0.2, 0.25) is 5.02 Å². The average molecular weight is 301 g/mol. The van der Waals surface area contributed by atoms with Gasteiger partial charge >= 0.3 is 0 Å². The molecule has 0 fully saturated rings. The van der Waals surface area contributed by atoms with Crippen LogP contribution < -0.4 is 14.8 Å². The number of halogens is 1. The Morgan fingerprint density at radius 3 is 2.86 bits per heavy atom. The monoisotopic (exact) mass is 300 g/mol. The summed E-state index contributed by atoms with van der Waals surface area (Å²) in [6, 6.07) is 14.9. The van der Waals surface area contributed by atoms with Gasteiger partial charge in [-0.05, 0) is 30.3 Å². The maximum Gasteiger partial charge on any atom is 0.161 e. The van der Waals surface area contributed by atoms with Gasteiger partial charge in [0.1, 0.15) is 18.8 Å². The van der Waals surface area contributed by atoms with Crippen molar-refractivity contribution in [3.05, 3.63) is 53.1 Å². The number of nitrogens with one attached hydrogen (secondary N) is 1. The van der Waals surface area contributed by atoms with Crippen molar-refractivity contribution in [2.24, 2.45) is 0 Å². The number of nitrogens with zero attached hydrogens (tertiary/aromatic N) is 1. The van der Waals surface area contributed by atoms with E-state index in [1.807, 2.05) is 24.3 Å². The van der Waals surface area contributed by atoms with Crippen LogP contribution in [0.5, 0.6) is 11.5 Å². The smallest absolute Gasteiger partial charge is 0.161 e. The molecule has 0 bridgehead atoms. The summed E-state index contributed by atoms with van der Waals surface area (Å²) in [6.45, 7) is 1.02. The maximum absolute atomic E-state index is 9.11. The highest BCUT2D eigenvalue weighted by atomic mass is 35.5. The first kappa shape index (κ1) is 13.6. The zero-order valence-electron chi connectivity index (χ0n) is 11.2. The van der Waals surface area contributed by atoms with E-state index in [1.54, 1.807) is 18.2 Å². The molecule has 2 aromatic carbocycles. The molecule has 0 spiro atoms. The van der Waals surface area contributed by atoms with Crippen LogP contribution in [0.1, 0.15) is 5.56 Å². The van der Waals surface area contributed by atoms with Crippen LogP contribution in [-0.4, -0.2) is 19.3 Å². The number of nitriles is 1. The number of fused-ring (bicyclic) bond motifs is 1. The zero-order chi connectivity index (χ0) is 14.7. The molecule has 0 aliphatic carbocycles. The van der Waals surface area contributed by atoms with Crippen molar-refractivity contribution in [3.8, 4) is 17.6 Å².